The van der Waals surface area contributed by atoms with Crippen LogP contribution in [0.15, 0.2) is 5.10 Å². The quantitative estimate of drug-likeness (QED) is 0.617. The second-order valence-electron chi connectivity index (χ2n) is 2.89. The van der Waals surface area contributed by atoms with Gasteiger partial charge < -0.3 is 4.90 Å². The molecule has 1 atom stereocenters. The first-order chi connectivity index (χ1) is 4.75. The highest BCUT2D eigenvalue weighted by Gasteiger charge is 2.20. The molecule has 1 rings (SSSR count). The van der Waals surface area contributed by atoms with Crippen molar-refractivity contribution in [1.29, 1.82) is 0 Å². The van der Waals surface area contributed by atoms with Crippen molar-refractivity contribution < 1.29 is 0 Å². The average Bonchev–Trinajstić information content (AvgIpc) is 2.33. The minimum absolute atomic E-state index is 0.407. The van der Waals surface area contributed by atoms with Gasteiger partial charge in [0.2, 0.25) is 0 Å². The zero-order chi connectivity index (χ0) is 7.56. The van der Waals surface area contributed by atoms with Crippen molar-refractivity contribution in [3.63, 3.8) is 0 Å². The molecule has 0 aromatic rings. The molecule has 1 N–H and O–H groups in total. The molecule has 0 aliphatic carbocycles. The van der Waals surface area contributed by atoms with E-state index in [4.69, 9.17) is 0 Å². The third-order valence-corrected chi connectivity index (χ3v) is 1.77. The van der Waals surface area contributed by atoms with Crippen molar-refractivity contribution in [2.24, 2.45) is 11.0 Å². The van der Waals surface area contributed by atoms with E-state index in [-0.39, 0.29) is 0 Å². The van der Waals surface area contributed by atoms with Gasteiger partial charge in [-0.25, -0.2) is 0 Å². The van der Waals surface area contributed by atoms with Gasteiger partial charge in [0.15, 0.2) is 0 Å². The van der Waals surface area contributed by atoms with Gasteiger partial charge in [-0.15, -0.1) is 0 Å². The van der Waals surface area contributed by atoms with E-state index < -0.39 is 0 Å². The summed E-state index contributed by atoms with van der Waals surface area (Å²) >= 11 is 0. The lowest BCUT2D eigenvalue weighted by atomic mass is 10.1. The Balaban J connectivity index is 2.47. The molecule has 0 saturated heterocycles. The van der Waals surface area contributed by atoms with E-state index in [1.54, 1.807) is 0 Å². The molecule has 1 aliphatic rings. The zero-order valence-corrected chi connectivity index (χ0v) is 6.83. The van der Waals surface area contributed by atoms with Crippen molar-refractivity contribution >= 4 is 6.34 Å². The molecule has 0 aromatic heterocycles. The van der Waals surface area contributed by atoms with E-state index in [1.165, 1.54) is 0 Å². The Hall–Kier alpha value is -0.730. The van der Waals surface area contributed by atoms with Gasteiger partial charge in [-0.2, -0.15) is 5.10 Å². The van der Waals surface area contributed by atoms with Gasteiger partial charge in [0.05, 0.1) is 0 Å². The molecule has 0 saturated carbocycles. The normalized spacial score (nSPS) is 24.0. The van der Waals surface area contributed by atoms with Crippen LogP contribution in [0.3, 0.4) is 0 Å². The van der Waals surface area contributed by atoms with Gasteiger partial charge in [0.25, 0.3) is 0 Å². The Morgan fingerprint density at radius 3 is 2.80 bits per heavy atom. The highest BCUT2D eigenvalue weighted by atomic mass is 15.5. The molecular weight excluding hydrogens is 126 g/mol. The summed E-state index contributed by atoms with van der Waals surface area (Å²) in [5, 5.41) is 3.99. The van der Waals surface area contributed by atoms with E-state index in [1.807, 2.05) is 6.34 Å². The smallest absolute Gasteiger partial charge is 0.118 e. The molecule has 1 aliphatic heterocycles. The monoisotopic (exact) mass is 141 g/mol. The van der Waals surface area contributed by atoms with E-state index in [9.17, 15) is 0 Å². The fraction of sp³-hybridized carbons (Fsp3) is 0.857. The van der Waals surface area contributed by atoms with E-state index in [0.29, 0.717) is 12.1 Å². The Bertz CT molecular complexity index is 131. The Morgan fingerprint density at radius 2 is 2.40 bits per heavy atom. The molecule has 3 nitrogen and oxygen atoms in total. The molecular formula is C7H15N3. The summed E-state index contributed by atoms with van der Waals surface area (Å²) in [6.07, 6.45) is 2.27. The first-order valence-electron chi connectivity index (χ1n) is 3.80. The maximum absolute atomic E-state index is 3.99. The van der Waals surface area contributed by atoms with Crippen LogP contribution in [0.4, 0.5) is 0 Å². The van der Waals surface area contributed by atoms with E-state index in [2.05, 4.69) is 36.2 Å². The molecule has 0 fully saturated rings. The number of hydrogen-bond acceptors (Lipinski definition) is 3. The van der Waals surface area contributed by atoms with Crippen LogP contribution < -0.4 is 5.43 Å². The van der Waals surface area contributed by atoms with Crippen LogP contribution in [0.25, 0.3) is 0 Å². The van der Waals surface area contributed by atoms with E-state index >= 15 is 0 Å². The van der Waals surface area contributed by atoms with Crippen molar-refractivity contribution in [2.75, 3.05) is 6.54 Å². The Morgan fingerprint density at radius 1 is 1.70 bits per heavy atom. The molecule has 0 radical (unpaired) electrons. The highest BCUT2D eigenvalue weighted by Crippen LogP contribution is 2.08. The summed E-state index contributed by atoms with van der Waals surface area (Å²) in [4.78, 5) is 2.20. The maximum atomic E-state index is 3.99. The van der Waals surface area contributed by atoms with Crippen LogP contribution >= 0.6 is 0 Å². The summed E-state index contributed by atoms with van der Waals surface area (Å²) in [6.45, 7) is 7.54. The van der Waals surface area contributed by atoms with Crippen LogP contribution in [-0.2, 0) is 0 Å². The number of hydrazone groups is 1. The van der Waals surface area contributed by atoms with Gasteiger partial charge in [-0.3, -0.25) is 5.43 Å². The molecule has 3 heteroatoms. The molecule has 10 heavy (non-hydrogen) atoms. The van der Waals surface area contributed by atoms with Gasteiger partial charge in [-0.05, 0) is 12.8 Å². The third-order valence-electron chi connectivity index (χ3n) is 1.77. The van der Waals surface area contributed by atoms with Gasteiger partial charge >= 0.3 is 0 Å². The van der Waals surface area contributed by atoms with Crippen LogP contribution in [-0.4, -0.2) is 23.9 Å². The fourth-order valence-electron chi connectivity index (χ4n) is 1.14. The van der Waals surface area contributed by atoms with E-state index in [0.717, 1.165) is 6.54 Å². The topological polar surface area (TPSA) is 27.6 Å². The Kier molecular flexibility index (Phi) is 2.14. The first-order valence-corrected chi connectivity index (χ1v) is 3.80. The number of rotatable bonds is 2. The second-order valence-corrected chi connectivity index (χ2v) is 2.89. The SMILES string of the molecule is CCN1C=NNC1C(C)C. The lowest BCUT2D eigenvalue weighted by Gasteiger charge is -2.25. The van der Waals surface area contributed by atoms with Crippen molar-refractivity contribution in [3.8, 4) is 0 Å². The minimum atomic E-state index is 0.407. The van der Waals surface area contributed by atoms with Gasteiger partial charge in [0.1, 0.15) is 12.5 Å². The van der Waals surface area contributed by atoms with Crippen LogP contribution in [0.5, 0.6) is 0 Å². The number of nitrogens with one attached hydrogen (secondary N) is 1. The summed E-state index contributed by atoms with van der Waals surface area (Å²) in [7, 11) is 0. The van der Waals surface area contributed by atoms with Crippen LogP contribution in [0.2, 0.25) is 0 Å². The minimum Gasteiger partial charge on any atom is -0.340 e. The molecule has 0 spiro atoms. The molecule has 58 valence electrons. The summed E-state index contributed by atoms with van der Waals surface area (Å²) in [5.41, 5.74) is 3.05. The van der Waals surface area contributed by atoms with Crippen molar-refractivity contribution in [1.82, 2.24) is 10.3 Å². The van der Waals surface area contributed by atoms with Crippen LogP contribution in [0, 0.1) is 5.92 Å². The first kappa shape index (κ1) is 7.38. The molecule has 0 aromatic carbocycles. The molecule has 1 heterocycles. The third kappa shape index (κ3) is 1.23. The largest absolute Gasteiger partial charge is 0.340 e. The van der Waals surface area contributed by atoms with Crippen molar-refractivity contribution in [3.05, 3.63) is 0 Å². The maximum Gasteiger partial charge on any atom is 0.118 e. The predicted molar refractivity (Wildman–Crippen MR) is 42.6 cm³/mol. The van der Waals surface area contributed by atoms with Gasteiger partial charge in [-0.1, -0.05) is 13.8 Å². The van der Waals surface area contributed by atoms with Crippen LogP contribution in [0.1, 0.15) is 20.8 Å². The van der Waals surface area contributed by atoms with Crippen molar-refractivity contribution in [2.45, 2.75) is 26.9 Å². The lowest BCUT2D eigenvalue weighted by molar-refractivity contribution is 0.248. The molecule has 0 amide bonds. The number of hydrogen-bond donors (Lipinski definition) is 1. The second kappa shape index (κ2) is 2.90. The summed E-state index contributed by atoms with van der Waals surface area (Å²) < 4.78 is 0. The van der Waals surface area contributed by atoms with Gasteiger partial charge in [0, 0.05) is 6.54 Å². The average molecular weight is 141 g/mol. The molecule has 1 unspecified atom stereocenters. The predicted octanol–water partition coefficient (Wildman–Crippen LogP) is 0.837. The molecule has 0 bridgehead atoms. The zero-order valence-electron chi connectivity index (χ0n) is 6.83. The standard InChI is InChI=1S/C7H15N3/c1-4-10-5-8-9-7(10)6(2)3/h5-7,9H,4H2,1-3H3. The highest BCUT2D eigenvalue weighted by molar-refractivity contribution is 5.56. The lowest BCUT2D eigenvalue weighted by Crippen LogP contribution is -2.40. The Labute approximate surface area is 62.1 Å². The number of nitrogens with zero attached hydrogens (tertiary/aromatic N) is 2. The fourth-order valence-corrected chi connectivity index (χ4v) is 1.14. The summed E-state index contributed by atoms with van der Waals surface area (Å²) in [5.74, 6) is 0.613. The summed E-state index contributed by atoms with van der Waals surface area (Å²) in [6, 6.07) is 0.